The summed E-state index contributed by atoms with van der Waals surface area (Å²) in [4.78, 5) is 10.8. The fourth-order valence-corrected chi connectivity index (χ4v) is 1.05. The number of nitrogen functional groups attached to an aromatic ring is 1. The van der Waals surface area contributed by atoms with Crippen molar-refractivity contribution in [2.24, 2.45) is 0 Å². The van der Waals surface area contributed by atoms with Crippen LogP contribution in [0.5, 0.6) is 0 Å². The lowest BCUT2D eigenvalue weighted by Gasteiger charge is -1.96. The molecule has 0 aliphatic heterocycles. The lowest BCUT2D eigenvalue weighted by atomic mass is 10.2. The Bertz CT molecular complexity index is 366. The van der Waals surface area contributed by atoms with Crippen molar-refractivity contribution in [3.8, 4) is 11.3 Å². The molecule has 2 aromatic rings. The maximum atomic E-state index is 5.60. The topological polar surface area (TPSA) is 67.6 Å². The molecule has 4 heteroatoms. The molecule has 0 radical (unpaired) electrons. The van der Waals surface area contributed by atoms with E-state index in [1.54, 1.807) is 18.7 Å². The minimum Gasteiger partial charge on any atom is -0.382 e. The zero-order valence-corrected chi connectivity index (χ0v) is 6.36. The van der Waals surface area contributed by atoms with E-state index in [4.69, 9.17) is 5.73 Å². The number of aromatic nitrogens is 3. The highest BCUT2D eigenvalue weighted by Gasteiger charge is 2.02. The molecular formula is C8H8N4. The van der Waals surface area contributed by atoms with Crippen LogP contribution < -0.4 is 5.73 Å². The zero-order valence-electron chi connectivity index (χ0n) is 6.36. The van der Waals surface area contributed by atoms with Crippen LogP contribution in [-0.4, -0.2) is 15.0 Å². The predicted molar refractivity (Wildman–Crippen MR) is 46.2 cm³/mol. The molecule has 60 valence electrons. The molecule has 0 aliphatic rings. The molecular weight excluding hydrogens is 152 g/mol. The van der Waals surface area contributed by atoms with Crippen molar-refractivity contribution >= 4 is 5.82 Å². The van der Waals surface area contributed by atoms with Crippen LogP contribution in [0.1, 0.15) is 0 Å². The van der Waals surface area contributed by atoms with E-state index in [0.29, 0.717) is 5.82 Å². The summed E-state index contributed by atoms with van der Waals surface area (Å²) in [6, 6.07) is 3.78. The number of nitrogens with zero attached hydrogens (tertiary/aromatic N) is 2. The van der Waals surface area contributed by atoms with Crippen molar-refractivity contribution in [1.29, 1.82) is 0 Å². The molecule has 4 nitrogen and oxygen atoms in total. The van der Waals surface area contributed by atoms with Crippen molar-refractivity contribution in [2.75, 3.05) is 5.73 Å². The Labute approximate surface area is 69.5 Å². The Balaban J connectivity index is 2.51. The second-order valence-corrected chi connectivity index (χ2v) is 2.40. The van der Waals surface area contributed by atoms with E-state index >= 15 is 0 Å². The number of pyridine rings is 1. The lowest BCUT2D eigenvalue weighted by molar-refractivity contribution is 1.29. The maximum absolute atomic E-state index is 5.60. The first-order valence-electron chi connectivity index (χ1n) is 3.57. The van der Waals surface area contributed by atoms with E-state index in [-0.39, 0.29) is 0 Å². The number of imidazole rings is 1. The summed E-state index contributed by atoms with van der Waals surface area (Å²) in [5, 5.41) is 0. The number of nitrogens with one attached hydrogen (secondary N) is 1. The second kappa shape index (κ2) is 2.65. The Hall–Kier alpha value is -1.84. The summed E-state index contributed by atoms with van der Waals surface area (Å²) in [6.07, 6.45) is 5.03. The van der Waals surface area contributed by atoms with Gasteiger partial charge in [-0.3, -0.25) is 4.98 Å². The highest BCUT2D eigenvalue weighted by molar-refractivity contribution is 5.68. The van der Waals surface area contributed by atoms with Crippen LogP contribution in [0.2, 0.25) is 0 Å². The molecule has 2 rings (SSSR count). The van der Waals surface area contributed by atoms with Gasteiger partial charge >= 0.3 is 0 Å². The Morgan fingerprint density at radius 3 is 2.92 bits per heavy atom. The van der Waals surface area contributed by atoms with Gasteiger partial charge in [-0.2, -0.15) is 0 Å². The molecule has 0 bridgehead atoms. The van der Waals surface area contributed by atoms with Gasteiger partial charge in [0.05, 0.1) is 12.0 Å². The predicted octanol–water partition coefficient (Wildman–Crippen LogP) is 1.05. The fourth-order valence-electron chi connectivity index (χ4n) is 1.05. The van der Waals surface area contributed by atoms with Crippen molar-refractivity contribution in [2.45, 2.75) is 0 Å². The molecule has 0 aliphatic carbocycles. The van der Waals surface area contributed by atoms with Crippen LogP contribution in [0.15, 0.2) is 30.9 Å². The highest BCUT2D eigenvalue weighted by Crippen LogP contribution is 2.19. The van der Waals surface area contributed by atoms with Crippen molar-refractivity contribution < 1.29 is 0 Å². The normalized spacial score (nSPS) is 10.0. The molecule has 0 amide bonds. The zero-order chi connectivity index (χ0) is 8.39. The Kier molecular flexibility index (Phi) is 1.51. The summed E-state index contributed by atoms with van der Waals surface area (Å²) in [6.45, 7) is 0. The third-order valence-corrected chi connectivity index (χ3v) is 1.62. The average Bonchev–Trinajstić information content (AvgIpc) is 2.53. The van der Waals surface area contributed by atoms with Gasteiger partial charge in [0.1, 0.15) is 5.82 Å². The third kappa shape index (κ3) is 1.03. The quantitative estimate of drug-likeness (QED) is 0.655. The standard InChI is InChI=1S/C8H8N4/c9-8-7(11-5-12-8)6-2-1-3-10-4-6/h1-5H,9H2,(H,11,12). The van der Waals surface area contributed by atoms with E-state index in [2.05, 4.69) is 15.0 Å². The fraction of sp³-hybridized carbons (Fsp3) is 0. The van der Waals surface area contributed by atoms with Gasteiger partial charge < -0.3 is 10.7 Å². The van der Waals surface area contributed by atoms with E-state index in [1.807, 2.05) is 12.1 Å². The van der Waals surface area contributed by atoms with Crippen LogP contribution in [0, 0.1) is 0 Å². The van der Waals surface area contributed by atoms with Crippen molar-refractivity contribution in [1.82, 2.24) is 15.0 Å². The minimum atomic E-state index is 0.503. The van der Waals surface area contributed by atoms with Crippen LogP contribution in [0.4, 0.5) is 5.82 Å². The molecule has 0 unspecified atom stereocenters. The third-order valence-electron chi connectivity index (χ3n) is 1.62. The van der Waals surface area contributed by atoms with Gasteiger partial charge in [-0.25, -0.2) is 4.98 Å². The number of hydrogen-bond donors (Lipinski definition) is 2. The number of rotatable bonds is 1. The van der Waals surface area contributed by atoms with Crippen LogP contribution in [0.25, 0.3) is 11.3 Å². The molecule has 3 N–H and O–H groups in total. The summed E-state index contributed by atoms with van der Waals surface area (Å²) < 4.78 is 0. The van der Waals surface area contributed by atoms with Gasteiger partial charge in [0, 0.05) is 18.0 Å². The van der Waals surface area contributed by atoms with Crippen molar-refractivity contribution in [3.05, 3.63) is 30.9 Å². The molecule has 2 heterocycles. The van der Waals surface area contributed by atoms with Crippen LogP contribution in [0.3, 0.4) is 0 Å². The van der Waals surface area contributed by atoms with Gasteiger partial charge in [0.2, 0.25) is 0 Å². The first kappa shape index (κ1) is 6.84. The van der Waals surface area contributed by atoms with Gasteiger partial charge in [0.15, 0.2) is 0 Å². The van der Waals surface area contributed by atoms with E-state index < -0.39 is 0 Å². The summed E-state index contributed by atoms with van der Waals surface area (Å²) in [5.41, 5.74) is 7.38. The minimum absolute atomic E-state index is 0.503. The van der Waals surface area contributed by atoms with E-state index in [9.17, 15) is 0 Å². The van der Waals surface area contributed by atoms with Gasteiger partial charge in [-0.15, -0.1) is 0 Å². The first-order valence-corrected chi connectivity index (χ1v) is 3.57. The SMILES string of the molecule is Nc1nc[nH]c1-c1cccnc1. The Morgan fingerprint density at radius 1 is 1.42 bits per heavy atom. The van der Waals surface area contributed by atoms with Gasteiger partial charge in [-0.1, -0.05) is 0 Å². The highest BCUT2D eigenvalue weighted by atomic mass is 15.0. The number of anilines is 1. The summed E-state index contributed by atoms with van der Waals surface area (Å²) in [7, 11) is 0. The molecule has 0 atom stereocenters. The molecule has 12 heavy (non-hydrogen) atoms. The monoisotopic (exact) mass is 160 g/mol. The van der Waals surface area contributed by atoms with Crippen LogP contribution in [-0.2, 0) is 0 Å². The number of H-pyrrole nitrogens is 1. The number of aromatic amines is 1. The van der Waals surface area contributed by atoms with Crippen molar-refractivity contribution in [3.63, 3.8) is 0 Å². The van der Waals surface area contributed by atoms with E-state index in [0.717, 1.165) is 11.3 Å². The molecule has 0 saturated carbocycles. The number of nitrogens with two attached hydrogens (primary N) is 1. The average molecular weight is 160 g/mol. The number of hydrogen-bond acceptors (Lipinski definition) is 3. The van der Waals surface area contributed by atoms with Gasteiger partial charge in [-0.05, 0) is 12.1 Å². The molecule has 0 fully saturated rings. The first-order chi connectivity index (χ1) is 5.88. The summed E-state index contributed by atoms with van der Waals surface area (Å²) >= 11 is 0. The summed E-state index contributed by atoms with van der Waals surface area (Å²) in [5.74, 6) is 0.503. The smallest absolute Gasteiger partial charge is 0.149 e. The lowest BCUT2D eigenvalue weighted by Crippen LogP contribution is -1.88. The van der Waals surface area contributed by atoms with Crippen LogP contribution >= 0.6 is 0 Å². The molecule has 0 saturated heterocycles. The maximum Gasteiger partial charge on any atom is 0.149 e. The Morgan fingerprint density at radius 2 is 2.33 bits per heavy atom. The second-order valence-electron chi connectivity index (χ2n) is 2.40. The van der Waals surface area contributed by atoms with Gasteiger partial charge in [0.25, 0.3) is 0 Å². The molecule has 0 spiro atoms. The largest absolute Gasteiger partial charge is 0.382 e. The molecule has 0 aromatic carbocycles. The molecule has 2 aromatic heterocycles. The van der Waals surface area contributed by atoms with E-state index in [1.165, 1.54) is 0 Å².